The third-order valence-electron chi connectivity index (χ3n) is 2.18. The third kappa shape index (κ3) is 1.44. The molecule has 1 rings (SSSR count). The van der Waals surface area contributed by atoms with Crippen LogP contribution >= 0.6 is 0 Å². The molecular weight excluding hydrogens is 142 g/mol. The summed E-state index contributed by atoms with van der Waals surface area (Å²) in [6, 6.07) is 0. The predicted molar refractivity (Wildman–Crippen MR) is 43.7 cm³/mol. The number of ether oxygens (including phenoxy) is 1. The van der Waals surface area contributed by atoms with Crippen LogP contribution in [0.1, 0.15) is 27.7 Å². The molecule has 1 N–H and O–H groups in total. The smallest absolute Gasteiger partial charge is 0.182 e. The Kier molecular flexibility index (Phi) is 2.03. The van der Waals surface area contributed by atoms with Crippen LogP contribution in [0.2, 0.25) is 0 Å². The fraction of sp³-hybridized carbons (Fsp3) is 0.875. The van der Waals surface area contributed by atoms with E-state index in [4.69, 9.17) is 4.74 Å². The van der Waals surface area contributed by atoms with Gasteiger partial charge in [-0.3, -0.25) is 4.99 Å². The number of hydrogen-bond donors (Lipinski definition) is 1. The van der Waals surface area contributed by atoms with Crippen LogP contribution in [-0.4, -0.2) is 28.8 Å². The first kappa shape index (κ1) is 8.68. The van der Waals surface area contributed by atoms with Gasteiger partial charge in [0.05, 0.1) is 6.10 Å². The van der Waals surface area contributed by atoms with Gasteiger partial charge in [-0.1, -0.05) is 0 Å². The van der Waals surface area contributed by atoms with E-state index in [1.54, 1.807) is 13.8 Å². The number of nitrogens with zero attached hydrogens (tertiary/aromatic N) is 1. The largest absolute Gasteiger partial charge is 0.388 e. The number of aliphatic imine (C=N–C) groups is 1. The lowest BCUT2D eigenvalue weighted by Crippen LogP contribution is -2.36. The second-order valence-electron chi connectivity index (χ2n) is 3.24. The fourth-order valence-electron chi connectivity index (χ4n) is 1.10. The molecule has 0 bridgehead atoms. The fourth-order valence-corrected chi connectivity index (χ4v) is 1.10. The molecule has 3 nitrogen and oxygen atoms in total. The lowest BCUT2D eigenvalue weighted by Gasteiger charge is -2.24. The monoisotopic (exact) mass is 157 g/mol. The van der Waals surface area contributed by atoms with Crippen molar-refractivity contribution in [3.05, 3.63) is 0 Å². The Morgan fingerprint density at radius 1 is 1.73 bits per heavy atom. The second-order valence-corrected chi connectivity index (χ2v) is 3.24. The second kappa shape index (κ2) is 2.57. The summed E-state index contributed by atoms with van der Waals surface area (Å²) in [5.41, 5.74) is 0.233. The molecule has 0 saturated heterocycles. The first-order valence-electron chi connectivity index (χ1n) is 3.88. The Labute approximate surface area is 67.1 Å². The first-order valence-corrected chi connectivity index (χ1v) is 3.88. The molecule has 0 amide bonds. The quantitative estimate of drug-likeness (QED) is 0.616. The summed E-state index contributed by atoms with van der Waals surface area (Å²) >= 11 is 0. The van der Waals surface area contributed by atoms with E-state index in [1.807, 2.05) is 13.8 Å². The van der Waals surface area contributed by atoms with Crippen LogP contribution in [0.3, 0.4) is 0 Å². The van der Waals surface area contributed by atoms with Crippen molar-refractivity contribution in [2.75, 3.05) is 0 Å². The maximum Gasteiger partial charge on any atom is 0.182 e. The highest BCUT2D eigenvalue weighted by Gasteiger charge is 2.37. The predicted octanol–water partition coefficient (Wildman–Crippen LogP) is 0.963. The summed E-state index contributed by atoms with van der Waals surface area (Å²) in [6.45, 7) is 7.34. The molecule has 3 unspecified atom stereocenters. The van der Waals surface area contributed by atoms with Crippen LogP contribution in [-0.2, 0) is 4.74 Å². The van der Waals surface area contributed by atoms with Crippen LogP contribution in [0.5, 0.6) is 0 Å². The summed E-state index contributed by atoms with van der Waals surface area (Å²) in [6.07, 6.45) is -0.517. The van der Waals surface area contributed by atoms with E-state index in [0.717, 1.165) is 5.71 Å². The molecule has 0 aliphatic carbocycles. The molecule has 1 aliphatic rings. The van der Waals surface area contributed by atoms with Gasteiger partial charge in [0.25, 0.3) is 0 Å². The van der Waals surface area contributed by atoms with Crippen molar-refractivity contribution in [3.63, 3.8) is 0 Å². The standard InChI is InChI=1S/C8H15NO2/c1-5-6(2)11-8(4,9-5)7(3)10/h6-7,10H,1-4H3. The Morgan fingerprint density at radius 2 is 2.27 bits per heavy atom. The van der Waals surface area contributed by atoms with Gasteiger partial charge < -0.3 is 9.84 Å². The lowest BCUT2D eigenvalue weighted by atomic mass is 10.1. The van der Waals surface area contributed by atoms with Gasteiger partial charge in [0, 0.05) is 5.71 Å². The van der Waals surface area contributed by atoms with Gasteiger partial charge in [-0.05, 0) is 27.7 Å². The van der Waals surface area contributed by atoms with E-state index in [0.29, 0.717) is 0 Å². The van der Waals surface area contributed by atoms with Crippen molar-refractivity contribution < 1.29 is 9.84 Å². The zero-order valence-corrected chi connectivity index (χ0v) is 7.46. The number of rotatable bonds is 1. The van der Waals surface area contributed by atoms with Crippen molar-refractivity contribution in [1.82, 2.24) is 0 Å². The van der Waals surface area contributed by atoms with E-state index < -0.39 is 11.8 Å². The minimum absolute atomic E-state index is 0.0367. The number of aliphatic hydroxyl groups is 1. The lowest BCUT2D eigenvalue weighted by molar-refractivity contribution is -0.0959. The molecule has 3 atom stereocenters. The molecule has 0 aromatic rings. The van der Waals surface area contributed by atoms with Crippen LogP contribution in [0.15, 0.2) is 4.99 Å². The molecule has 1 heterocycles. The van der Waals surface area contributed by atoms with Crippen molar-refractivity contribution in [2.45, 2.75) is 45.6 Å². The maximum atomic E-state index is 9.31. The van der Waals surface area contributed by atoms with E-state index in [1.165, 1.54) is 0 Å². The van der Waals surface area contributed by atoms with Gasteiger partial charge in [0.1, 0.15) is 6.10 Å². The highest BCUT2D eigenvalue weighted by atomic mass is 16.5. The Hall–Kier alpha value is -0.410. The molecule has 1 aliphatic heterocycles. The minimum Gasteiger partial charge on any atom is -0.388 e. The van der Waals surface area contributed by atoms with Crippen molar-refractivity contribution >= 4 is 5.71 Å². The normalized spacial score (nSPS) is 40.5. The number of aliphatic hydroxyl groups excluding tert-OH is 1. The minimum atomic E-state index is -0.719. The van der Waals surface area contributed by atoms with Crippen molar-refractivity contribution in [3.8, 4) is 0 Å². The molecule has 64 valence electrons. The van der Waals surface area contributed by atoms with Gasteiger partial charge in [-0.15, -0.1) is 0 Å². The summed E-state index contributed by atoms with van der Waals surface area (Å²) in [5.74, 6) is 0. The highest BCUT2D eigenvalue weighted by Crippen LogP contribution is 2.26. The van der Waals surface area contributed by atoms with E-state index >= 15 is 0 Å². The summed E-state index contributed by atoms with van der Waals surface area (Å²) in [4.78, 5) is 4.25. The molecule has 0 saturated carbocycles. The molecule has 0 aromatic carbocycles. The molecule has 0 aromatic heterocycles. The van der Waals surface area contributed by atoms with Gasteiger partial charge >= 0.3 is 0 Å². The average molecular weight is 157 g/mol. The van der Waals surface area contributed by atoms with Crippen LogP contribution in [0, 0.1) is 0 Å². The average Bonchev–Trinajstić information content (AvgIpc) is 2.09. The van der Waals surface area contributed by atoms with Crippen LogP contribution < -0.4 is 0 Å². The van der Waals surface area contributed by atoms with Gasteiger partial charge in [0.15, 0.2) is 5.72 Å². The molecule has 0 radical (unpaired) electrons. The maximum absolute atomic E-state index is 9.31. The summed E-state index contributed by atoms with van der Waals surface area (Å²) < 4.78 is 5.47. The van der Waals surface area contributed by atoms with Gasteiger partial charge in [0.2, 0.25) is 0 Å². The van der Waals surface area contributed by atoms with E-state index in [-0.39, 0.29) is 6.10 Å². The molecule has 3 heteroatoms. The van der Waals surface area contributed by atoms with Crippen LogP contribution in [0.25, 0.3) is 0 Å². The van der Waals surface area contributed by atoms with Gasteiger partial charge in [-0.2, -0.15) is 0 Å². The molecule has 11 heavy (non-hydrogen) atoms. The summed E-state index contributed by atoms with van der Waals surface area (Å²) in [7, 11) is 0. The number of hydrogen-bond acceptors (Lipinski definition) is 3. The van der Waals surface area contributed by atoms with E-state index in [2.05, 4.69) is 4.99 Å². The highest BCUT2D eigenvalue weighted by molar-refractivity contribution is 5.87. The third-order valence-corrected chi connectivity index (χ3v) is 2.18. The first-order chi connectivity index (χ1) is 4.96. The topological polar surface area (TPSA) is 41.8 Å². The Bertz CT molecular complexity index is 189. The van der Waals surface area contributed by atoms with Crippen molar-refractivity contribution in [1.29, 1.82) is 0 Å². The Balaban J connectivity index is 2.79. The van der Waals surface area contributed by atoms with Gasteiger partial charge in [-0.25, -0.2) is 0 Å². The molecule has 0 spiro atoms. The summed E-state index contributed by atoms with van der Waals surface area (Å²) in [5, 5.41) is 9.31. The SMILES string of the molecule is CC1=NC(C)(C(C)O)OC1C. The van der Waals surface area contributed by atoms with Crippen molar-refractivity contribution in [2.24, 2.45) is 4.99 Å². The van der Waals surface area contributed by atoms with Crippen LogP contribution in [0.4, 0.5) is 0 Å². The van der Waals surface area contributed by atoms with E-state index in [9.17, 15) is 5.11 Å². The molecule has 0 fully saturated rings. The zero-order valence-electron chi connectivity index (χ0n) is 7.46. The molecular formula is C8H15NO2. The Morgan fingerprint density at radius 3 is 2.45 bits per heavy atom. The zero-order chi connectivity index (χ0) is 8.65.